The maximum Gasteiger partial charge on any atom is 0.225 e. The molecule has 1 aromatic heterocycles. The predicted octanol–water partition coefficient (Wildman–Crippen LogP) is 4.78. The Morgan fingerprint density at radius 2 is 1.85 bits per heavy atom. The number of amides is 1. The molecule has 2 aliphatic rings. The first-order valence-corrected chi connectivity index (χ1v) is 9.88. The summed E-state index contributed by atoms with van der Waals surface area (Å²) >= 11 is 0. The molecule has 0 bridgehead atoms. The van der Waals surface area contributed by atoms with Crippen molar-refractivity contribution in [2.75, 3.05) is 18.4 Å². The number of nitrogens with zero attached hydrogens (tertiary/aromatic N) is 2. The Balaban J connectivity index is 1.46. The first-order chi connectivity index (χ1) is 13.1. The van der Waals surface area contributed by atoms with Crippen LogP contribution < -0.4 is 5.32 Å². The normalized spacial score (nSPS) is 20.2. The number of likely N-dealkylation sites (tertiary alicyclic amines) is 1. The first-order valence-electron chi connectivity index (χ1n) is 9.88. The maximum absolute atomic E-state index is 13.1. The molecule has 5 heteroatoms. The molecule has 1 aliphatic carbocycles. The summed E-state index contributed by atoms with van der Waals surface area (Å²) in [6, 6.07) is 10.4. The number of hydrogen-bond donors (Lipinski definition) is 1. The predicted molar refractivity (Wildman–Crippen MR) is 105 cm³/mol. The molecule has 2 aromatic rings. The van der Waals surface area contributed by atoms with Crippen LogP contribution in [0.15, 0.2) is 36.4 Å². The van der Waals surface area contributed by atoms with E-state index in [1.807, 2.05) is 17.9 Å². The molecule has 1 saturated carbocycles. The number of aryl methyl sites for hydroxylation is 1. The third-order valence-electron chi connectivity index (χ3n) is 5.73. The molecule has 0 radical (unpaired) electrons. The van der Waals surface area contributed by atoms with Crippen LogP contribution in [-0.4, -0.2) is 28.9 Å². The van der Waals surface area contributed by atoms with E-state index in [0.29, 0.717) is 5.91 Å². The summed E-state index contributed by atoms with van der Waals surface area (Å²) in [5, 5.41) is 3.33. The molecular weight excluding hydrogens is 341 g/mol. The number of rotatable bonds is 4. The quantitative estimate of drug-likeness (QED) is 0.846. The fourth-order valence-electron chi connectivity index (χ4n) is 4.31. The topological polar surface area (TPSA) is 45.2 Å². The molecule has 0 spiro atoms. The second-order valence-corrected chi connectivity index (χ2v) is 7.81. The Kier molecular flexibility index (Phi) is 5.10. The van der Waals surface area contributed by atoms with Crippen LogP contribution in [0.25, 0.3) is 0 Å². The average molecular weight is 367 g/mol. The number of hydrogen-bond acceptors (Lipinski definition) is 3. The minimum absolute atomic E-state index is 0.241. The van der Waals surface area contributed by atoms with E-state index in [9.17, 15) is 9.18 Å². The van der Waals surface area contributed by atoms with Crippen molar-refractivity contribution >= 4 is 17.3 Å². The highest BCUT2D eigenvalue weighted by molar-refractivity contribution is 5.79. The number of benzene rings is 1. The standard InChI is InChI=1S/C22H26FN3O/c1-15-12-20(25-19-8-6-18(23)7-9-19)13-21(24-15)17-10-11-26(14-17)22(27)16-4-2-3-5-16/h6-9,12-13,16-17H,2-5,10-11,14H2,1H3,(H,24,25)/t17-/m1/s1. The van der Waals surface area contributed by atoms with Crippen molar-refractivity contribution in [2.24, 2.45) is 5.92 Å². The van der Waals surface area contributed by atoms with Gasteiger partial charge in [0.25, 0.3) is 0 Å². The van der Waals surface area contributed by atoms with Gasteiger partial charge in [0.15, 0.2) is 0 Å². The molecule has 1 saturated heterocycles. The second kappa shape index (κ2) is 7.67. The number of aromatic nitrogens is 1. The number of nitrogens with one attached hydrogen (secondary N) is 1. The highest BCUT2D eigenvalue weighted by Crippen LogP contribution is 2.32. The lowest BCUT2D eigenvalue weighted by Gasteiger charge is -2.20. The Bertz CT molecular complexity index is 815. The molecule has 142 valence electrons. The van der Waals surface area contributed by atoms with Crippen LogP contribution in [0.3, 0.4) is 0 Å². The summed E-state index contributed by atoms with van der Waals surface area (Å²) in [5.41, 5.74) is 3.76. The molecule has 1 aromatic carbocycles. The summed E-state index contributed by atoms with van der Waals surface area (Å²) in [5.74, 6) is 0.617. The zero-order chi connectivity index (χ0) is 18.8. The van der Waals surface area contributed by atoms with Gasteiger partial charge in [-0.05, 0) is 62.6 Å². The first kappa shape index (κ1) is 18.0. The van der Waals surface area contributed by atoms with Crippen molar-refractivity contribution < 1.29 is 9.18 Å². The van der Waals surface area contributed by atoms with E-state index in [-0.39, 0.29) is 17.7 Å². The molecule has 4 nitrogen and oxygen atoms in total. The highest BCUT2D eigenvalue weighted by Gasteiger charge is 2.33. The van der Waals surface area contributed by atoms with Gasteiger partial charge >= 0.3 is 0 Å². The number of carbonyl (C=O) groups excluding carboxylic acids is 1. The van der Waals surface area contributed by atoms with Crippen molar-refractivity contribution in [3.8, 4) is 0 Å². The molecule has 1 N–H and O–H groups in total. The average Bonchev–Trinajstić information content (AvgIpc) is 3.35. The summed E-state index contributed by atoms with van der Waals surface area (Å²) in [7, 11) is 0. The molecule has 2 fully saturated rings. The van der Waals surface area contributed by atoms with E-state index >= 15 is 0 Å². The van der Waals surface area contributed by atoms with Gasteiger partial charge in [0.1, 0.15) is 5.82 Å². The molecule has 1 amide bonds. The van der Waals surface area contributed by atoms with Crippen LogP contribution in [0.1, 0.15) is 49.4 Å². The fraction of sp³-hybridized carbons (Fsp3) is 0.455. The van der Waals surface area contributed by atoms with Gasteiger partial charge in [0.05, 0.1) is 0 Å². The molecular formula is C22H26FN3O. The van der Waals surface area contributed by atoms with Crippen molar-refractivity contribution in [2.45, 2.75) is 44.9 Å². The van der Waals surface area contributed by atoms with Gasteiger partial charge in [-0.15, -0.1) is 0 Å². The molecule has 27 heavy (non-hydrogen) atoms. The number of anilines is 2. The van der Waals surface area contributed by atoms with Crippen molar-refractivity contribution in [3.63, 3.8) is 0 Å². The summed E-state index contributed by atoms with van der Waals surface area (Å²) in [6.45, 7) is 3.58. The van der Waals surface area contributed by atoms with E-state index < -0.39 is 0 Å². The summed E-state index contributed by atoms with van der Waals surface area (Å²) < 4.78 is 13.1. The van der Waals surface area contributed by atoms with E-state index in [2.05, 4.69) is 11.4 Å². The lowest BCUT2D eigenvalue weighted by Crippen LogP contribution is -2.33. The zero-order valence-electron chi connectivity index (χ0n) is 15.7. The van der Waals surface area contributed by atoms with Gasteiger partial charge in [-0.1, -0.05) is 12.8 Å². The van der Waals surface area contributed by atoms with Gasteiger partial charge in [-0.3, -0.25) is 9.78 Å². The van der Waals surface area contributed by atoms with Crippen LogP contribution in [0, 0.1) is 18.7 Å². The van der Waals surface area contributed by atoms with Gasteiger partial charge in [-0.2, -0.15) is 0 Å². The van der Waals surface area contributed by atoms with Crippen LogP contribution >= 0.6 is 0 Å². The Hall–Kier alpha value is -2.43. The highest BCUT2D eigenvalue weighted by atomic mass is 19.1. The Labute approximate surface area is 159 Å². The SMILES string of the molecule is Cc1cc(Nc2ccc(F)cc2)cc([C@@H]2CCN(C(=O)C3CCCC3)C2)n1. The minimum atomic E-state index is -0.245. The van der Waals surface area contributed by atoms with E-state index in [0.717, 1.165) is 55.1 Å². The lowest BCUT2D eigenvalue weighted by molar-refractivity contribution is -0.134. The monoisotopic (exact) mass is 367 g/mol. The Morgan fingerprint density at radius 1 is 1.11 bits per heavy atom. The third kappa shape index (κ3) is 4.12. The van der Waals surface area contributed by atoms with Crippen LogP contribution in [0.2, 0.25) is 0 Å². The smallest absolute Gasteiger partial charge is 0.225 e. The van der Waals surface area contributed by atoms with Gasteiger partial charge < -0.3 is 10.2 Å². The van der Waals surface area contributed by atoms with Crippen molar-refractivity contribution in [1.29, 1.82) is 0 Å². The zero-order valence-corrected chi connectivity index (χ0v) is 15.7. The van der Waals surface area contributed by atoms with Gasteiger partial charge in [-0.25, -0.2) is 4.39 Å². The third-order valence-corrected chi connectivity index (χ3v) is 5.73. The molecule has 2 heterocycles. The fourth-order valence-corrected chi connectivity index (χ4v) is 4.31. The van der Waals surface area contributed by atoms with Crippen LogP contribution in [0.4, 0.5) is 15.8 Å². The summed E-state index contributed by atoms with van der Waals surface area (Å²) in [6.07, 6.45) is 5.44. The van der Waals surface area contributed by atoms with Gasteiger partial charge in [0, 0.05) is 47.7 Å². The van der Waals surface area contributed by atoms with E-state index in [1.54, 1.807) is 12.1 Å². The van der Waals surface area contributed by atoms with Gasteiger partial charge in [0.2, 0.25) is 5.91 Å². The lowest BCUT2D eigenvalue weighted by atomic mass is 10.0. The van der Waals surface area contributed by atoms with E-state index in [4.69, 9.17) is 4.98 Å². The molecule has 1 atom stereocenters. The molecule has 4 rings (SSSR count). The van der Waals surface area contributed by atoms with E-state index in [1.165, 1.54) is 25.0 Å². The largest absolute Gasteiger partial charge is 0.355 e. The van der Waals surface area contributed by atoms with Crippen molar-refractivity contribution in [1.82, 2.24) is 9.88 Å². The maximum atomic E-state index is 13.1. The minimum Gasteiger partial charge on any atom is -0.355 e. The second-order valence-electron chi connectivity index (χ2n) is 7.81. The Morgan fingerprint density at radius 3 is 2.59 bits per heavy atom. The van der Waals surface area contributed by atoms with Crippen molar-refractivity contribution in [3.05, 3.63) is 53.6 Å². The number of carbonyl (C=O) groups is 1. The summed E-state index contributed by atoms with van der Waals surface area (Å²) in [4.78, 5) is 19.5. The van der Waals surface area contributed by atoms with Crippen LogP contribution in [-0.2, 0) is 4.79 Å². The number of halogens is 1. The molecule has 1 aliphatic heterocycles. The molecule has 0 unspecified atom stereocenters. The van der Waals surface area contributed by atoms with Crippen LogP contribution in [0.5, 0.6) is 0 Å². The number of pyridine rings is 1.